The Hall–Kier alpha value is -2.64. The molecule has 2 heterocycles. The summed E-state index contributed by atoms with van der Waals surface area (Å²) in [6.45, 7) is 3.39. The van der Waals surface area contributed by atoms with Gasteiger partial charge in [-0.25, -0.2) is 16.8 Å². The Balaban J connectivity index is 1.75. The second-order valence-electron chi connectivity index (χ2n) is 6.41. The molecule has 140 valence electrons. The van der Waals surface area contributed by atoms with Gasteiger partial charge in [-0.1, -0.05) is 18.2 Å². The van der Waals surface area contributed by atoms with E-state index in [4.69, 9.17) is 0 Å². The van der Waals surface area contributed by atoms with Crippen LogP contribution in [0.15, 0.2) is 71.8 Å². The fraction of sp³-hybridized carbons (Fsp3) is 0.200. The maximum Gasteiger partial charge on any atom is 0.268 e. The molecule has 1 saturated heterocycles. The molecule has 1 aliphatic rings. The third kappa shape index (κ3) is 3.36. The predicted molar refractivity (Wildman–Crippen MR) is 104 cm³/mol. The molecule has 1 fully saturated rings. The molecule has 2 aromatic carbocycles. The van der Waals surface area contributed by atoms with E-state index in [2.05, 4.69) is 10.2 Å². The van der Waals surface area contributed by atoms with Crippen LogP contribution in [0.2, 0.25) is 0 Å². The van der Waals surface area contributed by atoms with Gasteiger partial charge in [0, 0.05) is 43.6 Å². The topological polar surface area (TPSA) is 54.3 Å². The monoisotopic (exact) mass is 385 g/mol. The zero-order valence-electron chi connectivity index (χ0n) is 14.7. The number of rotatable bonds is 4. The van der Waals surface area contributed by atoms with Crippen LogP contribution in [0.4, 0.5) is 10.1 Å². The Morgan fingerprint density at radius 3 is 2.48 bits per heavy atom. The molecule has 4 rings (SSSR count). The fourth-order valence-corrected chi connectivity index (χ4v) is 4.73. The van der Waals surface area contributed by atoms with Gasteiger partial charge in [-0.05, 0) is 42.5 Å². The standard InChI is InChI=1S/C20H20FN3O2S/c21-19-8-2-1-7-18(19)20-9-4-12-24(20)27(25,26)17-6-3-5-16(15-17)23-13-10-22-11-14-23/h1-9,12,15,22H,10-11,13-14H2. The SMILES string of the molecule is O=S(=O)(c1cccc(N2CCNCC2)c1)n1cccc1-c1ccccc1F. The van der Waals surface area contributed by atoms with Crippen LogP contribution in [0.1, 0.15) is 0 Å². The molecule has 1 N–H and O–H groups in total. The van der Waals surface area contributed by atoms with Crippen LogP contribution in [0.25, 0.3) is 11.3 Å². The minimum Gasteiger partial charge on any atom is -0.369 e. The highest BCUT2D eigenvalue weighted by Gasteiger charge is 2.22. The van der Waals surface area contributed by atoms with E-state index in [9.17, 15) is 12.8 Å². The maximum atomic E-state index is 14.2. The summed E-state index contributed by atoms with van der Waals surface area (Å²) in [4.78, 5) is 2.34. The van der Waals surface area contributed by atoms with Crippen molar-refractivity contribution in [3.63, 3.8) is 0 Å². The van der Waals surface area contributed by atoms with Gasteiger partial charge < -0.3 is 10.2 Å². The Morgan fingerprint density at radius 2 is 1.70 bits per heavy atom. The molecule has 0 spiro atoms. The van der Waals surface area contributed by atoms with Crippen LogP contribution < -0.4 is 10.2 Å². The maximum absolute atomic E-state index is 14.2. The number of nitrogens with zero attached hydrogens (tertiary/aromatic N) is 2. The van der Waals surface area contributed by atoms with E-state index < -0.39 is 15.8 Å². The lowest BCUT2D eigenvalue weighted by Gasteiger charge is -2.29. The summed E-state index contributed by atoms with van der Waals surface area (Å²) >= 11 is 0. The highest BCUT2D eigenvalue weighted by Crippen LogP contribution is 2.28. The van der Waals surface area contributed by atoms with Gasteiger partial charge in [-0.2, -0.15) is 0 Å². The summed E-state index contributed by atoms with van der Waals surface area (Å²) in [6.07, 6.45) is 1.45. The van der Waals surface area contributed by atoms with Gasteiger partial charge in [0.25, 0.3) is 10.0 Å². The van der Waals surface area contributed by atoms with Crippen molar-refractivity contribution in [2.75, 3.05) is 31.1 Å². The van der Waals surface area contributed by atoms with Gasteiger partial charge in [-0.3, -0.25) is 0 Å². The van der Waals surface area contributed by atoms with Crippen LogP contribution in [-0.4, -0.2) is 38.6 Å². The number of anilines is 1. The van der Waals surface area contributed by atoms with Crippen molar-refractivity contribution in [1.29, 1.82) is 0 Å². The van der Waals surface area contributed by atoms with Gasteiger partial charge in [-0.15, -0.1) is 0 Å². The first-order chi connectivity index (χ1) is 13.1. The molecular formula is C20H20FN3O2S. The molecule has 1 aliphatic heterocycles. The average Bonchev–Trinajstić information content (AvgIpc) is 3.20. The van der Waals surface area contributed by atoms with Crippen LogP contribution in [-0.2, 0) is 10.0 Å². The molecule has 0 amide bonds. The van der Waals surface area contributed by atoms with Crippen molar-refractivity contribution in [3.8, 4) is 11.3 Å². The molecule has 0 aliphatic carbocycles. The third-order valence-corrected chi connectivity index (χ3v) is 6.41. The lowest BCUT2D eigenvalue weighted by molar-refractivity contribution is 0.584. The lowest BCUT2D eigenvalue weighted by Crippen LogP contribution is -2.43. The van der Waals surface area contributed by atoms with Gasteiger partial charge >= 0.3 is 0 Å². The average molecular weight is 385 g/mol. The third-order valence-electron chi connectivity index (χ3n) is 4.72. The minimum atomic E-state index is -3.84. The summed E-state index contributed by atoms with van der Waals surface area (Å²) in [6, 6.07) is 16.3. The highest BCUT2D eigenvalue weighted by molar-refractivity contribution is 7.90. The van der Waals surface area contributed by atoms with Crippen molar-refractivity contribution in [2.24, 2.45) is 0 Å². The highest BCUT2D eigenvalue weighted by atomic mass is 32.2. The number of benzene rings is 2. The molecule has 0 bridgehead atoms. The van der Waals surface area contributed by atoms with E-state index in [1.165, 1.54) is 12.3 Å². The van der Waals surface area contributed by atoms with E-state index >= 15 is 0 Å². The normalized spacial score (nSPS) is 15.1. The zero-order valence-corrected chi connectivity index (χ0v) is 15.5. The van der Waals surface area contributed by atoms with Crippen LogP contribution in [0.3, 0.4) is 0 Å². The molecule has 0 atom stereocenters. The quantitative estimate of drug-likeness (QED) is 0.750. The molecule has 7 heteroatoms. The first-order valence-corrected chi connectivity index (χ1v) is 10.2. The Bertz CT molecular complexity index is 1060. The summed E-state index contributed by atoms with van der Waals surface area (Å²) in [5.74, 6) is -0.456. The van der Waals surface area contributed by atoms with Crippen molar-refractivity contribution < 1.29 is 12.8 Å². The van der Waals surface area contributed by atoms with Gasteiger partial charge in [0.15, 0.2) is 0 Å². The zero-order chi connectivity index (χ0) is 18.9. The van der Waals surface area contributed by atoms with Crippen molar-refractivity contribution in [2.45, 2.75) is 4.90 Å². The number of halogens is 1. The second-order valence-corrected chi connectivity index (χ2v) is 8.22. The summed E-state index contributed by atoms with van der Waals surface area (Å²) in [7, 11) is -3.84. The van der Waals surface area contributed by atoms with E-state index in [0.29, 0.717) is 5.69 Å². The summed E-state index contributed by atoms with van der Waals surface area (Å²) in [5.41, 5.74) is 1.43. The van der Waals surface area contributed by atoms with Gasteiger partial charge in [0.05, 0.1) is 10.6 Å². The van der Waals surface area contributed by atoms with E-state index in [1.807, 2.05) is 6.07 Å². The van der Waals surface area contributed by atoms with E-state index in [-0.39, 0.29) is 10.5 Å². The molecule has 5 nitrogen and oxygen atoms in total. The van der Waals surface area contributed by atoms with Gasteiger partial charge in [0.1, 0.15) is 5.82 Å². The smallest absolute Gasteiger partial charge is 0.268 e. The first-order valence-electron chi connectivity index (χ1n) is 8.81. The first kappa shape index (κ1) is 17.8. The molecule has 0 saturated carbocycles. The summed E-state index contributed by atoms with van der Waals surface area (Å²) in [5, 5.41) is 3.28. The van der Waals surface area contributed by atoms with Crippen molar-refractivity contribution in [3.05, 3.63) is 72.7 Å². The predicted octanol–water partition coefficient (Wildman–Crippen LogP) is 2.94. The molecular weight excluding hydrogens is 365 g/mol. The van der Waals surface area contributed by atoms with E-state index in [1.54, 1.807) is 48.5 Å². The Labute approximate surface area is 158 Å². The number of nitrogens with one attached hydrogen (secondary N) is 1. The Morgan fingerprint density at radius 1 is 0.926 bits per heavy atom. The number of hydrogen-bond donors (Lipinski definition) is 1. The van der Waals surface area contributed by atoms with Crippen LogP contribution in [0, 0.1) is 5.82 Å². The Kier molecular flexibility index (Phi) is 4.72. The fourth-order valence-electron chi connectivity index (χ4n) is 3.33. The van der Waals surface area contributed by atoms with Crippen LogP contribution in [0.5, 0.6) is 0 Å². The lowest BCUT2D eigenvalue weighted by atomic mass is 10.1. The molecule has 3 aromatic rings. The second kappa shape index (κ2) is 7.17. The number of aromatic nitrogens is 1. The van der Waals surface area contributed by atoms with Gasteiger partial charge in [0.2, 0.25) is 0 Å². The summed E-state index contributed by atoms with van der Waals surface area (Å²) < 4.78 is 41.8. The van der Waals surface area contributed by atoms with E-state index in [0.717, 1.165) is 35.8 Å². The molecule has 0 radical (unpaired) electrons. The molecule has 27 heavy (non-hydrogen) atoms. The number of hydrogen-bond acceptors (Lipinski definition) is 4. The van der Waals surface area contributed by atoms with Crippen molar-refractivity contribution >= 4 is 15.7 Å². The largest absolute Gasteiger partial charge is 0.369 e. The van der Waals surface area contributed by atoms with Crippen molar-refractivity contribution in [1.82, 2.24) is 9.29 Å². The molecule has 1 aromatic heterocycles. The van der Waals surface area contributed by atoms with Crippen LogP contribution >= 0.6 is 0 Å². The minimum absolute atomic E-state index is 0.187. The molecule has 0 unspecified atom stereocenters. The number of piperazine rings is 1.